The first kappa shape index (κ1) is 14.4. The van der Waals surface area contributed by atoms with Crippen molar-refractivity contribution in [1.82, 2.24) is 10.2 Å². The molecule has 1 aromatic heterocycles. The summed E-state index contributed by atoms with van der Waals surface area (Å²) in [5, 5.41) is 12.5. The van der Waals surface area contributed by atoms with Crippen LogP contribution in [0, 0.1) is 5.82 Å². The van der Waals surface area contributed by atoms with Gasteiger partial charge in [0.1, 0.15) is 11.2 Å². The van der Waals surface area contributed by atoms with Gasteiger partial charge in [-0.1, -0.05) is 36.4 Å². The Labute approximate surface area is 137 Å². The molecule has 0 spiro atoms. The zero-order chi connectivity index (χ0) is 16.7. The van der Waals surface area contributed by atoms with Crippen molar-refractivity contribution in [1.29, 1.82) is 0 Å². The number of nitrogens with one attached hydrogen (secondary N) is 2. The van der Waals surface area contributed by atoms with E-state index in [4.69, 9.17) is 0 Å². The van der Waals surface area contributed by atoms with Gasteiger partial charge in [0.15, 0.2) is 5.82 Å². The van der Waals surface area contributed by atoms with Gasteiger partial charge in [0.05, 0.1) is 0 Å². The fraction of sp³-hybridized carbons (Fsp3) is 0.0526. The molecule has 24 heavy (non-hydrogen) atoms. The summed E-state index contributed by atoms with van der Waals surface area (Å²) in [5.41, 5.74) is 2.28. The van der Waals surface area contributed by atoms with Crippen LogP contribution in [-0.4, -0.2) is 16.1 Å². The highest BCUT2D eigenvalue weighted by Crippen LogP contribution is 2.32. The zero-order valence-electron chi connectivity index (χ0n) is 12.9. The van der Waals surface area contributed by atoms with Crippen molar-refractivity contribution in [2.24, 2.45) is 0 Å². The van der Waals surface area contributed by atoms with E-state index in [2.05, 4.69) is 15.5 Å². The smallest absolute Gasteiger partial charge is 0.221 e. The Kier molecular flexibility index (Phi) is 3.27. The van der Waals surface area contributed by atoms with Crippen molar-refractivity contribution in [2.45, 2.75) is 6.92 Å². The van der Waals surface area contributed by atoms with Crippen LogP contribution >= 0.6 is 0 Å². The summed E-state index contributed by atoms with van der Waals surface area (Å²) < 4.78 is 14.3. The van der Waals surface area contributed by atoms with Gasteiger partial charge >= 0.3 is 0 Å². The summed E-state index contributed by atoms with van der Waals surface area (Å²) in [6, 6.07) is 17.0. The highest BCUT2D eigenvalue weighted by molar-refractivity contribution is 5.99. The summed E-state index contributed by atoms with van der Waals surface area (Å²) in [6.07, 6.45) is 0. The maximum absolute atomic E-state index is 14.3. The van der Waals surface area contributed by atoms with Gasteiger partial charge in [-0.25, -0.2) is 4.39 Å². The number of benzene rings is 3. The largest absolute Gasteiger partial charge is 0.326 e. The van der Waals surface area contributed by atoms with Gasteiger partial charge in [0.25, 0.3) is 0 Å². The first-order valence-corrected chi connectivity index (χ1v) is 7.56. The van der Waals surface area contributed by atoms with Gasteiger partial charge in [-0.2, -0.15) is 5.10 Å². The lowest BCUT2D eigenvalue weighted by Gasteiger charge is -2.05. The Bertz CT molecular complexity index is 1080. The maximum atomic E-state index is 14.3. The van der Waals surface area contributed by atoms with Crippen molar-refractivity contribution < 1.29 is 9.18 Å². The maximum Gasteiger partial charge on any atom is 0.221 e. The Morgan fingerprint density at radius 1 is 1.08 bits per heavy atom. The van der Waals surface area contributed by atoms with Crippen molar-refractivity contribution in [3.63, 3.8) is 0 Å². The molecule has 3 aromatic carbocycles. The number of halogens is 1. The molecular formula is C19H14FN3O. The number of hydrogen-bond donors (Lipinski definition) is 2. The molecule has 4 rings (SSSR count). The van der Waals surface area contributed by atoms with Crippen LogP contribution in [0.1, 0.15) is 6.92 Å². The minimum Gasteiger partial charge on any atom is -0.326 e. The van der Waals surface area contributed by atoms with Crippen LogP contribution in [0.2, 0.25) is 0 Å². The molecule has 2 N–H and O–H groups in total. The van der Waals surface area contributed by atoms with Crippen molar-refractivity contribution in [3.05, 3.63) is 60.4 Å². The fourth-order valence-electron chi connectivity index (χ4n) is 2.91. The number of fused-ring (bicyclic) bond motifs is 2. The Balaban J connectivity index is 1.91. The van der Waals surface area contributed by atoms with Crippen molar-refractivity contribution in [3.8, 4) is 11.3 Å². The number of aromatic amines is 1. The lowest BCUT2D eigenvalue weighted by Crippen LogP contribution is -2.05. The van der Waals surface area contributed by atoms with E-state index in [0.29, 0.717) is 22.3 Å². The molecule has 0 saturated carbocycles. The van der Waals surface area contributed by atoms with E-state index in [-0.39, 0.29) is 5.91 Å². The number of aromatic nitrogens is 2. The summed E-state index contributed by atoms with van der Waals surface area (Å²) in [6.45, 7) is 1.39. The first-order chi connectivity index (χ1) is 11.6. The Morgan fingerprint density at radius 2 is 1.88 bits per heavy atom. The Morgan fingerprint density at radius 3 is 2.67 bits per heavy atom. The number of anilines is 1. The monoisotopic (exact) mass is 319 g/mol. The average Bonchev–Trinajstić information content (AvgIpc) is 2.98. The van der Waals surface area contributed by atoms with Gasteiger partial charge in [0.2, 0.25) is 5.91 Å². The second-order valence-electron chi connectivity index (χ2n) is 5.70. The quantitative estimate of drug-likeness (QED) is 0.572. The summed E-state index contributed by atoms with van der Waals surface area (Å²) in [5.74, 6) is -0.694. The SMILES string of the molecule is CC(=O)Nc1cc(F)c2[nH]nc(-c3ccc4ccccc4c3)c2c1. The molecule has 0 saturated heterocycles. The fourth-order valence-corrected chi connectivity index (χ4v) is 2.91. The predicted molar refractivity (Wildman–Crippen MR) is 93.3 cm³/mol. The summed E-state index contributed by atoms with van der Waals surface area (Å²) >= 11 is 0. The van der Waals surface area contributed by atoms with Crippen LogP contribution in [0.4, 0.5) is 10.1 Å². The standard InChI is InChI=1S/C19H14FN3O/c1-11(24)21-15-9-16-18(22-23-19(16)17(20)10-15)14-7-6-12-4-2-3-5-13(12)8-14/h2-10H,1H3,(H,21,24)(H,22,23). The second-order valence-corrected chi connectivity index (χ2v) is 5.70. The molecule has 0 aliphatic rings. The minimum absolute atomic E-state index is 0.246. The summed E-state index contributed by atoms with van der Waals surface area (Å²) in [4.78, 5) is 11.2. The molecule has 1 amide bonds. The molecule has 1 heterocycles. The number of nitrogens with zero attached hydrogens (tertiary/aromatic N) is 1. The number of carbonyl (C=O) groups is 1. The van der Waals surface area contributed by atoms with Crippen LogP contribution < -0.4 is 5.32 Å². The third kappa shape index (κ3) is 2.40. The molecule has 0 aliphatic carbocycles. The second kappa shape index (κ2) is 5.45. The molecule has 0 fully saturated rings. The lowest BCUT2D eigenvalue weighted by atomic mass is 10.0. The van der Waals surface area contributed by atoms with Gasteiger partial charge in [0, 0.05) is 23.6 Å². The number of rotatable bonds is 2. The van der Waals surface area contributed by atoms with E-state index < -0.39 is 5.82 Å². The van der Waals surface area contributed by atoms with E-state index in [1.54, 1.807) is 6.07 Å². The molecule has 118 valence electrons. The number of hydrogen-bond acceptors (Lipinski definition) is 2. The number of amides is 1. The van der Waals surface area contributed by atoms with E-state index in [0.717, 1.165) is 16.3 Å². The third-order valence-corrected chi connectivity index (χ3v) is 3.97. The van der Waals surface area contributed by atoms with Crippen molar-refractivity contribution >= 4 is 33.3 Å². The van der Waals surface area contributed by atoms with Crippen LogP contribution in [0.15, 0.2) is 54.6 Å². The number of H-pyrrole nitrogens is 1. The first-order valence-electron chi connectivity index (χ1n) is 7.56. The van der Waals surface area contributed by atoms with Crippen LogP contribution in [0.5, 0.6) is 0 Å². The molecule has 4 nitrogen and oxygen atoms in total. The lowest BCUT2D eigenvalue weighted by molar-refractivity contribution is -0.114. The highest BCUT2D eigenvalue weighted by Gasteiger charge is 2.14. The average molecular weight is 319 g/mol. The van der Waals surface area contributed by atoms with Crippen molar-refractivity contribution in [2.75, 3.05) is 5.32 Å². The molecule has 0 aliphatic heterocycles. The molecule has 5 heteroatoms. The van der Waals surface area contributed by atoms with Crippen LogP contribution in [0.3, 0.4) is 0 Å². The topological polar surface area (TPSA) is 57.8 Å². The predicted octanol–water partition coefficient (Wildman–Crippen LogP) is 4.48. The van der Waals surface area contributed by atoms with Gasteiger partial charge < -0.3 is 5.32 Å². The van der Waals surface area contributed by atoms with Crippen LogP contribution in [-0.2, 0) is 4.79 Å². The van der Waals surface area contributed by atoms with Gasteiger partial charge in [-0.05, 0) is 29.0 Å². The van der Waals surface area contributed by atoms with Gasteiger partial charge in [-0.3, -0.25) is 9.89 Å². The molecular weight excluding hydrogens is 305 g/mol. The minimum atomic E-state index is -0.448. The molecule has 0 atom stereocenters. The van der Waals surface area contributed by atoms with E-state index in [9.17, 15) is 9.18 Å². The molecule has 0 radical (unpaired) electrons. The van der Waals surface area contributed by atoms with Gasteiger partial charge in [-0.15, -0.1) is 0 Å². The number of carbonyl (C=O) groups excluding carboxylic acids is 1. The zero-order valence-corrected chi connectivity index (χ0v) is 12.9. The molecule has 0 unspecified atom stereocenters. The van der Waals surface area contributed by atoms with Crippen LogP contribution in [0.25, 0.3) is 32.9 Å². The van der Waals surface area contributed by atoms with E-state index in [1.807, 2.05) is 42.5 Å². The third-order valence-electron chi connectivity index (χ3n) is 3.97. The van der Waals surface area contributed by atoms with E-state index in [1.165, 1.54) is 13.0 Å². The Hall–Kier alpha value is -3.21. The van der Waals surface area contributed by atoms with E-state index >= 15 is 0 Å². The molecule has 4 aromatic rings. The molecule has 0 bridgehead atoms. The normalized spacial score (nSPS) is 11.1. The summed E-state index contributed by atoms with van der Waals surface area (Å²) in [7, 11) is 0. The highest BCUT2D eigenvalue weighted by atomic mass is 19.1.